The summed E-state index contributed by atoms with van der Waals surface area (Å²) >= 11 is 5.10. The molecule has 188 valence electrons. The predicted molar refractivity (Wildman–Crippen MR) is 141 cm³/mol. The molecule has 36 heavy (non-hydrogen) atoms. The van der Waals surface area contributed by atoms with Crippen LogP contribution in [-0.2, 0) is 4.79 Å². The first-order valence-corrected chi connectivity index (χ1v) is 11.8. The highest BCUT2D eigenvalue weighted by molar-refractivity contribution is 7.80. The fourth-order valence-corrected chi connectivity index (χ4v) is 3.15. The van der Waals surface area contributed by atoms with Crippen molar-refractivity contribution in [2.75, 3.05) is 13.2 Å². The second-order valence-corrected chi connectivity index (χ2v) is 8.35. The zero-order valence-corrected chi connectivity index (χ0v) is 21.2. The van der Waals surface area contributed by atoms with Gasteiger partial charge in [-0.2, -0.15) is 0 Å². The van der Waals surface area contributed by atoms with E-state index in [0.29, 0.717) is 30.3 Å². The van der Waals surface area contributed by atoms with Gasteiger partial charge >= 0.3 is 0 Å². The summed E-state index contributed by atoms with van der Waals surface area (Å²) in [5.74, 6) is 1.10. The lowest BCUT2D eigenvalue weighted by Gasteiger charge is -2.17. The quantitative estimate of drug-likeness (QED) is 0.230. The summed E-state index contributed by atoms with van der Waals surface area (Å²) in [6, 6.07) is 21.7. The monoisotopic (exact) mass is 507 g/mol. The summed E-state index contributed by atoms with van der Waals surface area (Å²) in [6.07, 6.45) is -0.774. The molecule has 8 nitrogen and oxygen atoms in total. The number of carbonyl (C=O) groups is 2. The number of hydrazine groups is 1. The van der Waals surface area contributed by atoms with Crippen molar-refractivity contribution in [2.24, 2.45) is 0 Å². The molecule has 0 aliphatic rings. The van der Waals surface area contributed by atoms with Crippen molar-refractivity contribution in [3.63, 3.8) is 0 Å². The highest BCUT2D eigenvalue weighted by Crippen LogP contribution is 2.17. The molecule has 0 bridgehead atoms. The van der Waals surface area contributed by atoms with Crippen LogP contribution in [0.3, 0.4) is 0 Å². The number of carbonyl (C=O) groups excluding carboxylic acids is 2. The maximum absolute atomic E-state index is 12.4. The van der Waals surface area contributed by atoms with Gasteiger partial charge in [0.1, 0.15) is 30.5 Å². The number of para-hydroxylation sites is 1. The smallest absolute Gasteiger partial charge is 0.279 e. The van der Waals surface area contributed by atoms with Crippen LogP contribution in [0.4, 0.5) is 0 Å². The molecular formula is C27H29N3O5S. The summed E-state index contributed by atoms with van der Waals surface area (Å²) in [5, 5.41) is 2.46. The Morgan fingerprint density at radius 3 is 2.06 bits per heavy atom. The van der Waals surface area contributed by atoms with Crippen molar-refractivity contribution < 1.29 is 23.8 Å². The van der Waals surface area contributed by atoms with E-state index in [0.717, 1.165) is 16.9 Å². The Hall–Kier alpha value is -4.11. The van der Waals surface area contributed by atoms with E-state index in [1.807, 2.05) is 56.3 Å². The Morgan fingerprint density at radius 1 is 0.806 bits per heavy atom. The largest absolute Gasteiger partial charge is 0.490 e. The number of hydrogen-bond donors (Lipinski definition) is 3. The van der Waals surface area contributed by atoms with E-state index in [2.05, 4.69) is 16.2 Å². The second-order valence-electron chi connectivity index (χ2n) is 7.94. The van der Waals surface area contributed by atoms with E-state index in [1.54, 1.807) is 37.3 Å². The van der Waals surface area contributed by atoms with Crippen molar-refractivity contribution in [3.05, 3.63) is 89.5 Å². The second kappa shape index (κ2) is 13.1. The first-order chi connectivity index (χ1) is 17.3. The van der Waals surface area contributed by atoms with Crippen LogP contribution in [0.5, 0.6) is 17.2 Å². The molecular weight excluding hydrogens is 478 g/mol. The van der Waals surface area contributed by atoms with Crippen LogP contribution in [0.2, 0.25) is 0 Å². The molecule has 0 fully saturated rings. The first-order valence-electron chi connectivity index (χ1n) is 11.4. The number of amides is 2. The number of hydrogen-bond acceptors (Lipinski definition) is 6. The van der Waals surface area contributed by atoms with Crippen LogP contribution in [-0.4, -0.2) is 36.2 Å². The van der Waals surface area contributed by atoms with E-state index in [4.69, 9.17) is 26.4 Å². The number of nitrogens with one attached hydrogen (secondary N) is 3. The number of thiocarbonyl (C=S) groups is 1. The fraction of sp³-hybridized carbons (Fsp3) is 0.222. The molecule has 0 aromatic heterocycles. The predicted octanol–water partition coefficient (Wildman–Crippen LogP) is 3.86. The minimum atomic E-state index is -0.774. The van der Waals surface area contributed by atoms with Crippen molar-refractivity contribution in [3.8, 4) is 17.2 Å². The maximum Gasteiger partial charge on any atom is 0.279 e. The summed E-state index contributed by atoms with van der Waals surface area (Å²) in [7, 11) is 0. The maximum atomic E-state index is 12.4. The van der Waals surface area contributed by atoms with Crippen LogP contribution in [0.1, 0.15) is 28.4 Å². The molecule has 3 N–H and O–H groups in total. The van der Waals surface area contributed by atoms with Crippen LogP contribution in [0, 0.1) is 13.8 Å². The lowest BCUT2D eigenvalue weighted by atomic mass is 10.1. The van der Waals surface area contributed by atoms with Crippen molar-refractivity contribution >= 4 is 29.1 Å². The Labute approximate surface area is 215 Å². The molecule has 1 unspecified atom stereocenters. The molecule has 3 aromatic rings. The average molecular weight is 508 g/mol. The van der Waals surface area contributed by atoms with Gasteiger partial charge in [0.2, 0.25) is 0 Å². The Kier molecular flexibility index (Phi) is 9.64. The zero-order chi connectivity index (χ0) is 25.9. The molecule has 1 atom stereocenters. The molecule has 0 spiro atoms. The molecule has 0 radical (unpaired) electrons. The Bertz CT molecular complexity index is 1190. The lowest BCUT2D eigenvalue weighted by Crippen LogP contribution is -2.51. The topological polar surface area (TPSA) is 97.9 Å². The van der Waals surface area contributed by atoms with Gasteiger partial charge in [0, 0.05) is 5.56 Å². The van der Waals surface area contributed by atoms with Gasteiger partial charge < -0.3 is 14.2 Å². The SMILES string of the molecule is Cc1ccc(OC(C)C(=O)NNC(=S)NC(=O)c2ccc(OCCOc3ccccc3)cc2)cc1C. The minimum absolute atomic E-state index is 0.0508. The highest BCUT2D eigenvalue weighted by atomic mass is 32.1. The summed E-state index contributed by atoms with van der Waals surface area (Å²) < 4.78 is 16.9. The lowest BCUT2D eigenvalue weighted by molar-refractivity contribution is -0.127. The zero-order valence-electron chi connectivity index (χ0n) is 20.4. The molecule has 9 heteroatoms. The third kappa shape index (κ3) is 8.28. The summed E-state index contributed by atoms with van der Waals surface area (Å²) in [6.45, 7) is 6.34. The number of rotatable bonds is 9. The fourth-order valence-electron chi connectivity index (χ4n) is 3.01. The van der Waals surface area contributed by atoms with Gasteiger partial charge in [0.05, 0.1) is 0 Å². The van der Waals surface area contributed by atoms with E-state index in [-0.39, 0.29) is 5.11 Å². The van der Waals surface area contributed by atoms with Crippen LogP contribution in [0.15, 0.2) is 72.8 Å². The normalized spacial score (nSPS) is 11.1. The molecule has 3 rings (SSSR count). The summed E-state index contributed by atoms with van der Waals surface area (Å²) in [5.41, 5.74) is 7.53. The van der Waals surface area contributed by atoms with Gasteiger partial charge in [-0.15, -0.1) is 0 Å². The van der Waals surface area contributed by atoms with Crippen molar-refractivity contribution in [1.29, 1.82) is 0 Å². The summed E-state index contributed by atoms with van der Waals surface area (Å²) in [4.78, 5) is 24.7. The van der Waals surface area contributed by atoms with Crippen molar-refractivity contribution in [2.45, 2.75) is 26.9 Å². The number of ether oxygens (including phenoxy) is 3. The van der Waals surface area contributed by atoms with E-state index < -0.39 is 17.9 Å². The average Bonchev–Trinajstić information content (AvgIpc) is 2.88. The van der Waals surface area contributed by atoms with E-state index in [9.17, 15) is 9.59 Å². The molecule has 0 aliphatic heterocycles. The van der Waals surface area contributed by atoms with Gasteiger partial charge in [0.25, 0.3) is 11.8 Å². The molecule has 0 saturated heterocycles. The molecule has 0 heterocycles. The van der Waals surface area contributed by atoms with Crippen molar-refractivity contribution in [1.82, 2.24) is 16.2 Å². The van der Waals surface area contributed by atoms with Gasteiger partial charge in [-0.3, -0.25) is 25.8 Å². The standard InChI is InChI=1S/C27H29N3O5S/c1-18-9-12-24(17-19(18)2)35-20(3)25(31)29-30-27(36)28-26(32)21-10-13-23(14-11-21)34-16-15-33-22-7-5-4-6-8-22/h4-14,17,20H,15-16H2,1-3H3,(H,29,31)(H2,28,30,32,36). The Balaban J connectivity index is 1.37. The highest BCUT2D eigenvalue weighted by Gasteiger charge is 2.16. The number of aryl methyl sites for hydroxylation is 2. The van der Waals surface area contributed by atoms with Gasteiger partial charge in [0.15, 0.2) is 11.2 Å². The van der Waals surface area contributed by atoms with Crippen LogP contribution < -0.4 is 30.4 Å². The minimum Gasteiger partial charge on any atom is -0.490 e. The molecule has 2 amide bonds. The van der Waals surface area contributed by atoms with Gasteiger partial charge in [-0.1, -0.05) is 24.3 Å². The van der Waals surface area contributed by atoms with Gasteiger partial charge in [-0.05, 0) is 92.6 Å². The molecule has 0 aliphatic carbocycles. The molecule has 3 aromatic carbocycles. The van der Waals surface area contributed by atoms with E-state index in [1.165, 1.54) is 0 Å². The van der Waals surface area contributed by atoms with Crippen LogP contribution in [0.25, 0.3) is 0 Å². The van der Waals surface area contributed by atoms with Gasteiger partial charge in [-0.25, -0.2) is 0 Å². The molecule has 0 saturated carbocycles. The van der Waals surface area contributed by atoms with Crippen LogP contribution >= 0.6 is 12.2 Å². The number of benzene rings is 3. The third-order valence-corrected chi connectivity index (χ3v) is 5.37. The van der Waals surface area contributed by atoms with E-state index >= 15 is 0 Å². The first kappa shape index (κ1) is 26.5. The third-order valence-electron chi connectivity index (χ3n) is 5.17. The Morgan fingerprint density at radius 2 is 1.42 bits per heavy atom.